The van der Waals surface area contributed by atoms with E-state index >= 15 is 0 Å². The van der Waals surface area contributed by atoms with Crippen molar-refractivity contribution in [1.29, 1.82) is 0 Å². The molecule has 0 bridgehead atoms. The Morgan fingerprint density at radius 3 is 2.55 bits per heavy atom. The Kier molecular flexibility index (Phi) is 5.12. The van der Waals surface area contributed by atoms with Gasteiger partial charge >= 0.3 is 0 Å². The average molecular weight is 384 g/mol. The lowest BCUT2D eigenvalue weighted by atomic mass is 10.1. The van der Waals surface area contributed by atoms with Gasteiger partial charge in [0.1, 0.15) is 0 Å². The van der Waals surface area contributed by atoms with Gasteiger partial charge in [0, 0.05) is 17.6 Å². The van der Waals surface area contributed by atoms with Crippen LogP contribution in [0.5, 0.6) is 0 Å². The highest BCUT2D eigenvalue weighted by molar-refractivity contribution is 5.98. The highest BCUT2D eigenvalue weighted by Gasteiger charge is 2.11. The van der Waals surface area contributed by atoms with Crippen LogP contribution in [0.25, 0.3) is 10.9 Å². The molecule has 29 heavy (non-hydrogen) atoms. The predicted octanol–water partition coefficient (Wildman–Crippen LogP) is 4.33. The Morgan fingerprint density at radius 2 is 1.76 bits per heavy atom. The number of amides is 1. The number of nitrogens with one attached hydrogen (secondary N) is 1. The van der Waals surface area contributed by atoms with Crippen molar-refractivity contribution in [1.82, 2.24) is 20.1 Å². The molecule has 0 aliphatic heterocycles. The van der Waals surface area contributed by atoms with Crippen LogP contribution in [-0.2, 0) is 13.1 Å². The number of carbonyl (C=O) groups excluding carboxylic acids is 1. The number of para-hydroxylation sites is 1. The molecule has 4 aromatic rings. The van der Waals surface area contributed by atoms with E-state index in [0.717, 1.165) is 45.7 Å². The summed E-state index contributed by atoms with van der Waals surface area (Å²) in [4.78, 5) is 17.3. The molecule has 4 rings (SSSR count). The number of aromatic nitrogens is 3. The minimum absolute atomic E-state index is 0.107. The van der Waals surface area contributed by atoms with E-state index in [9.17, 15) is 4.79 Å². The van der Waals surface area contributed by atoms with E-state index in [1.807, 2.05) is 61.0 Å². The van der Waals surface area contributed by atoms with Gasteiger partial charge in [-0.3, -0.25) is 14.5 Å². The molecule has 0 spiro atoms. The van der Waals surface area contributed by atoms with Crippen molar-refractivity contribution in [3.8, 4) is 0 Å². The first-order valence-electron chi connectivity index (χ1n) is 9.73. The number of aryl methyl sites for hydroxylation is 3. The van der Waals surface area contributed by atoms with Crippen molar-refractivity contribution >= 4 is 16.8 Å². The molecule has 5 nitrogen and oxygen atoms in total. The summed E-state index contributed by atoms with van der Waals surface area (Å²) in [7, 11) is 0. The summed E-state index contributed by atoms with van der Waals surface area (Å²) in [6.45, 7) is 7.12. The Morgan fingerprint density at radius 1 is 0.966 bits per heavy atom. The highest BCUT2D eigenvalue weighted by atomic mass is 16.1. The standard InChI is InChI=1S/C24H24N4O/c1-16-11-17(2)28(27-16)15-20-8-6-7-19(12-20)14-25-24(29)22-13-21-9-4-5-10-23(21)26-18(22)3/h4-13H,14-15H2,1-3H3,(H,25,29). The number of benzene rings is 2. The molecular formula is C24H24N4O. The molecule has 1 amide bonds. The third kappa shape index (κ3) is 4.19. The molecule has 0 aliphatic rings. The summed E-state index contributed by atoms with van der Waals surface area (Å²) in [5.74, 6) is -0.107. The molecule has 5 heteroatoms. The molecule has 0 saturated carbocycles. The van der Waals surface area contributed by atoms with Crippen LogP contribution in [0, 0.1) is 20.8 Å². The summed E-state index contributed by atoms with van der Waals surface area (Å²) in [5.41, 5.74) is 6.63. The van der Waals surface area contributed by atoms with Crippen LogP contribution < -0.4 is 5.32 Å². The lowest BCUT2D eigenvalue weighted by molar-refractivity contribution is 0.0950. The zero-order valence-electron chi connectivity index (χ0n) is 16.9. The zero-order valence-corrected chi connectivity index (χ0v) is 16.9. The monoisotopic (exact) mass is 384 g/mol. The van der Waals surface area contributed by atoms with E-state index in [1.54, 1.807) is 0 Å². The van der Waals surface area contributed by atoms with Crippen molar-refractivity contribution in [3.05, 3.63) is 94.4 Å². The van der Waals surface area contributed by atoms with Crippen LogP contribution in [0.15, 0.2) is 60.7 Å². The van der Waals surface area contributed by atoms with Crippen LogP contribution >= 0.6 is 0 Å². The number of nitrogens with zero attached hydrogens (tertiary/aromatic N) is 3. The second kappa shape index (κ2) is 7.87. The molecular weight excluding hydrogens is 360 g/mol. The Bertz CT molecular complexity index is 1190. The summed E-state index contributed by atoms with van der Waals surface area (Å²) < 4.78 is 2.00. The molecule has 2 aromatic heterocycles. The van der Waals surface area contributed by atoms with E-state index in [2.05, 4.69) is 40.5 Å². The van der Waals surface area contributed by atoms with Crippen molar-refractivity contribution in [2.75, 3.05) is 0 Å². The second-order valence-electron chi connectivity index (χ2n) is 7.40. The van der Waals surface area contributed by atoms with Crippen LogP contribution in [0.1, 0.15) is 38.6 Å². The van der Waals surface area contributed by atoms with E-state index in [-0.39, 0.29) is 5.91 Å². The quantitative estimate of drug-likeness (QED) is 0.557. The number of pyridine rings is 1. The molecule has 1 N–H and O–H groups in total. The molecule has 0 saturated heterocycles. The number of carbonyl (C=O) groups is 1. The maximum absolute atomic E-state index is 12.7. The minimum atomic E-state index is -0.107. The van der Waals surface area contributed by atoms with E-state index < -0.39 is 0 Å². The van der Waals surface area contributed by atoms with Crippen molar-refractivity contribution in [3.63, 3.8) is 0 Å². The van der Waals surface area contributed by atoms with Gasteiger partial charge in [-0.2, -0.15) is 5.10 Å². The van der Waals surface area contributed by atoms with E-state index in [4.69, 9.17) is 0 Å². The van der Waals surface area contributed by atoms with Crippen molar-refractivity contribution in [2.45, 2.75) is 33.9 Å². The molecule has 2 aromatic carbocycles. The van der Waals surface area contributed by atoms with Gasteiger partial charge in [-0.1, -0.05) is 42.5 Å². The Labute approximate surface area is 170 Å². The number of fused-ring (bicyclic) bond motifs is 1. The van der Waals surface area contributed by atoms with Gasteiger partial charge in [-0.25, -0.2) is 0 Å². The summed E-state index contributed by atoms with van der Waals surface area (Å²) in [6.07, 6.45) is 0. The predicted molar refractivity (Wildman–Crippen MR) is 115 cm³/mol. The van der Waals surface area contributed by atoms with Gasteiger partial charge in [-0.05, 0) is 50.1 Å². The van der Waals surface area contributed by atoms with Crippen LogP contribution in [0.4, 0.5) is 0 Å². The van der Waals surface area contributed by atoms with Crippen molar-refractivity contribution in [2.24, 2.45) is 0 Å². The highest BCUT2D eigenvalue weighted by Crippen LogP contribution is 2.16. The van der Waals surface area contributed by atoms with Crippen LogP contribution in [0.3, 0.4) is 0 Å². The molecule has 0 fully saturated rings. The van der Waals surface area contributed by atoms with Gasteiger partial charge in [-0.15, -0.1) is 0 Å². The first-order chi connectivity index (χ1) is 14.0. The van der Waals surface area contributed by atoms with Gasteiger partial charge in [0.15, 0.2) is 0 Å². The fourth-order valence-corrected chi connectivity index (χ4v) is 3.57. The maximum Gasteiger partial charge on any atom is 0.253 e. The van der Waals surface area contributed by atoms with Crippen molar-refractivity contribution < 1.29 is 4.79 Å². The fourth-order valence-electron chi connectivity index (χ4n) is 3.57. The Balaban J connectivity index is 1.47. The largest absolute Gasteiger partial charge is 0.348 e. The lowest BCUT2D eigenvalue weighted by Crippen LogP contribution is -2.24. The molecule has 0 aliphatic carbocycles. The third-order valence-electron chi connectivity index (χ3n) is 5.04. The first kappa shape index (κ1) is 18.9. The number of hydrogen-bond donors (Lipinski definition) is 1. The molecule has 2 heterocycles. The first-order valence-corrected chi connectivity index (χ1v) is 9.73. The van der Waals surface area contributed by atoms with Crippen LogP contribution in [-0.4, -0.2) is 20.7 Å². The molecule has 0 unspecified atom stereocenters. The van der Waals surface area contributed by atoms with Gasteiger partial charge in [0.2, 0.25) is 0 Å². The molecule has 0 atom stereocenters. The molecule has 0 radical (unpaired) electrons. The number of hydrogen-bond acceptors (Lipinski definition) is 3. The van der Waals surface area contributed by atoms with Crippen LogP contribution in [0.2, 0.25) is 0 Å². The third-order valence-corrected chi connectivity index (χ3v) is 5.04. The zero-order chi connectivity index (χ0) is 20.4. The topological polar surface area (TPSA) is 59.8 Å². The normalized spacial score (nSPS) is 11.0. The lowest BCUT2D eigenvalue weighted by Gasteiger charge is -2.10. The number of rotatable bonds is 5. The van der Waals surface area contributed by atoms with Gasteiger partial charge in [0.25, 0.3) is 5.91 Å². The fraction of sp³-hybridized carbons (Fsp3) is 0.208. The SMILES string of the molecule is Cc1cc(C)n(Cc2cccc(CNC(=O)c3cc4ccccc4nc3C)c2)n1. The maximum atomic E-state index is 12.7. The van der Waals surface area contributed by atoms with Gasteiger partial charge < -0.3 is 5.32 Å². The van der Waals surface area contributed by atoms with E-state index in [1.165, 1.54) is 0 Å². The minimum Gasteiger partial charge on any atom is -0.348 e. The summed E-state index contributed by atoms with van der Waals surface area (Å²) >= 11 is 0. The summed E-state index contributed by atoms with van der Waals surface area (Å²) in [5, 5.41) is 8.52. The summed E-state index contributed by atoms with van der Waals surface area (Å²) in [6, 6.07) is 20.1. The van der Waals surface area contributed by atoms with E-state index in [0.29, 0.717) is 12.1 Å². The smallest absolute Gasteiger partial charge is 0.253 e. The molecule has 146 valence electrons. The Hall–Kier alpha value is -3.47. The van der Waals surface area contributed by atoms with Gasteiger partial charge in [0.05, 0.1) is 29.0 Å². The second-order valence-corrected chi connectivity index (χ2v) is 7.40. The average Bonchev–Trinajstić information content (AvgIpc) is 3.02.